The van der Waals surface area contributed by atoms with Crippen LogP contribution in [0.3, 0.4) is 0 Å². The molecule has 0 radical (unpaired) electrons. The van der Waals surface area contributed by atoms with Gasteiger partial charge in [-0.25, -0.2) is 0 Å². The fourth-order valence-corrected chi connectivity index (χ4v) is 2.78. The van der Waals surface area contributed by atoms with Gasteiger partial charge in [-0.15, -0.1) is 0 Å². The van der Waals surface area contributed by atoms with Gasteiger partial charge < -0.3 is 28.5 Å². The van der Waals surface area contributed by atoms with E-state index >= 15 is 0 Å². The van der Waals surface area contributed by atoms with Gasteiger partial charge in [-0.3, -0.25) is 4.90 Å². The highest BCUT2D eigenvalue weighted by molar-refractivity contribution is 4.96. The molecule has 2 rings (SSSR count). The number of nitrogens with zero attached hydrogens (tertiary/aromatic N) is 1. The second-order valence-electron chi connectivity index (χ2n) is 7.44. The van der Waals surface area contributed by atoms with Crippen LogP contribution in [0.15, 0.2) is 45.6 Å². The summed E-state index contributed by atoms with van der Waals surface area (Å²) in [7, 11) is 0. The number of furan rings is 2. The number of rotatable bonds is 15. The molecule has 0 aliphatic heterocycles. The maximum atomic E-state index is 10.3. The SMILES string of the molecule is CC(C)CCN(C[C@H](O)COCc1ccco1)C[C@@H](O)COCc1ccco1. The first kappa shape index (κ1) is 22.6. The van der Waals surface area contributed by atoms with Gasteiger partial charge in [0, 0.05) is 13.1 Å². The summed E-state index contributed by atoms with van der Waals surface area (Å²) in [6.45, 7) is 7.06. The van der Waals surface area contributed by atoms with Crippen LogP contribution in [0.25, 0.3) is 0 Å². The molecule has 7 nitrogen and oxygen atoms in total. The van der Waals surface area contributed by atoms with E-state index in [-0.39, 0.29) is 13.2 Å². The van der Waals surface area contributed by atoms with Crippen molar-refractivity contribution in [3.63, 3.8) is 0 Å². The third kappa shape index (κ3) is 9.52. The Hall–Kier alpha value is -1.64. The lowest BCUT2D eigenvalue weighted by atomic mass is 10.1. The molecule has 7 heteroatoms. The van der Waals surface area contributed by atoms with Gasteiger partial charge in [0.15, 0.2) is 0 Å². The molecule has 158 valence electrons. The molecular weight excluding hydrogens is 362 g/mol. The zero-order valence-electron chi connectivity index (χ0n) is 16.8. The molecule has 0 amide bonds. The van der Waals surface area contributed by atoms with Gasteiger partial charge in [-0.2, -0.15) is 0 Å². The summed E-state index contributed by atoms with van der Waals surface area (Å²) in [5, 5.41) is 20.6. The van der Waals surface area contributed by atoms with Crippen molar-refractivity contribution in [1.29, 1.82) is 0 Å². The van der Waals surface area contributed by atoms with Gasteiger partial charge in [0.2, 0.25) is 0 Å². The van der Waals surface area contributed by atoms with Crippen molar-refractivity contribution in [3.8, 4) is 0 Å². The second kappa shape index (κ2) is 12.7. The summed E-state index contributed by atoms with van der Waals surface area (Å²) in [5.41, 5.74) is 0. The standard InChI is InChI=1S/C21H33NO6/c1-17(2)7-8-22(11-18(23)13-25-15-20-5-3-9-27-20)12-19(24)14-26-16-21-6-4-10-28-21/h3-6,9-10,17-19,23-24H,7-8,11-16H2,1-2H3/t18-,19+. The lowest BCUT2D eigenvalue weighted by Crippen LogP contribution is -2.41. The summed E-state index contributed by atoms with van der Waals surface area (Å²) >= 11 is 0. The van der Waals surface area contributed by atoms with Gasteiger partial charge >= 0.3 is 0 Å². The fraction of sp³-hybridized carbons (Fsp3) is 0.619. The lowest BCUT2D eigenvalue weighted by molar-refractivity contribution is -0.0200. The molecule has 2 heterocycles. The predicted octanol–water partition coefficient (Wildman–Crippen LogP) is 2.68. The number of aliphatic hydroxyl groups is 2. The van der Waals surface area contributed by atoms with Crippen LogP contribution in [0.2, 0.25) is 0 Å². The Balaban J connectivity index is 1.70. The van der Waals surface area contributed by atoms with Crippen molar-refractivity contribution in [3.05, 3.63) is 48.3 Å². The highest BCUT2D eigenvalue weighted by Crippen LogP contribution is 2.07. The zero-order valence-corrected chi connectivity index (χ0v) is 16.8. The van der Waals surface area contributed by atoms with Crippen LogP contribution < -0.4 is 0 Å². The molecule has 2 aromatic heterocycles. The summed E-state index contributed by atoms with van der Waals surface area (Å²) in [4.78, 5) is 2.06. The minimum atomic E-state index is -0.640. The van der Waals surface area contributed by atoms with Crippen molar-refractivity contribution >= 4 is 0 Å². The predicted molar refractivity (Wildman–Crippen MR) is 105 cm³/mol. The number of hydrogen-bond donors (Lipinski definition) is 2. The van der Waals surface area contributed by atoms with E-state index in [1.807, 2.05) is 12.1 Å². The van der Waals surface area contributed by atoms with Crippen LogP contribution in [-0.2, 0) is 22.7 Å². The first-order valence-electron chi connectivity index (χ1n) is 9.81. The van der Waals surface area contributed by atoms with Crippen molar-refractivity contribution in [2.24, 2.45) is 5.92 Å². The molecule has 0 aliphatic carbocycles. The van der Waals surface area contributed by atoms with E-state index in [1.54, 1.807) is 24.7 Å². The van der Waals surface area contributed by atoms with Crippen molar-refractivity contribution in [2.75, 3.05) is 32.8 Å². The average molecular weight is 395 g/mol. The number of aliphatic hydroxyl groups excluding tert-OH is 2. The number of hydrogen-bond acceptors (Lipinski definition) is 7. The highest BCUT2D eigenvalue weighted by atomic mass is 16.5. The van der Waals surface area contributed by atoms with Gasteiger partial charge in [-0.1, -0.05) is 13.8 Å². The van der Waals surface area contributed by atoms with Crippen LogP contribution in [0.1, 0.15) is 31.8 Å². The molecule has 28 heavy (non-hydrogen) atoms. The quantitative estimate of drug-likeness (QED) is 0.479. The van der Waals surface area contributed by atoms with E-state index in [2.05, 4.69) is 18.7 Å². The molecule has 0 saturated carbocycles. The Labute approximate surface area is 166 Å². The van der Waals surface area contributed by atoms with E-state index < -0.39 is 12.2 Å². The molecule has 0 aromatic carbocycles. The summed E-state index contributed by atoms with van der Waals surface area (Å²) < 4.78 is 21.4. The third-order valence-electron chi connectivity index (χ3n) is 4.23. The van der Waals surface area contributed by atoms with Gasteiger partial charge in [-0.05, 0) is 43.1 Å². The Morgan fingerprint density at radius 2 is 1.39 bits per heavy atom. The van der Waals surface area contributed by atoms with Crippen molar-refractivity contribution in [1.82, 2.24) is 4.90 Å². The van der Waals surface area contributed by atoms with Gasteiger partial charge in [0.25, 0.3) is 0 Å². The molecular formula is C21H33NO6. The largest absolute Gasteiger partial charge is 0.467 e. The van der Waals surface area contributed by atoms with Crippen LogP contribution in [-0.4, -0.2) is 60.2 Å². The van der Waals surface area contributed by atoms with Crippen LogP contribution in [0.5, 0.6) is 0 Å². The maximum absolute atomic E-state index is 10.3. The molecule has 0 unspecified atom stereocenters. The summed E-state index contributed by atoms with van der Waals surface area (Å²) in [6.07, 6.45) is 2.90. The molecule has 0 fully saturated rings. The van der Waals surface area contributed by atoms with Gasteiger partial charge in [0.1, 0.15) is 24.7 Å². The third-order valence-corrected chi connectivity index (χ3v) is 4.23. The Morgan fingerprint density at radius 1 is 0.893 bits per heavy atom. The summed E-state index contributed by atoms with van der Waals surface area (Å²) in [5.74, 6) is 2.00. The first-order valence-corrected chi connectivity index (χ1v) is 9.81. The highest BCUT2D eigenvalue weighted by Gasteiger charge is 2.17. The second-order valence-corrected chi connectivity index (χ2v) is 7.44. The van der Waals surface area contributed by atoms with Crippen LogP contribution >= 0.6 is 0 Å². The van der Waals surface area contributed by atoms with Gasteiger partial charge in [0.05, 0.1) is 37.9 Å². The summed E-state index contributed by atoms with van der Waals surface area (Å²) in [6, 6.07) is 7.27. The molecule has 0 saturated heterocycles. The Bertz CT molecular complexity index is 550. The molecule has 2 aromatic rings. The van der Waals surface area contributed by atoms with E-state index in [4.69, 9.17) is 18.3 Å². The van der Waals surface area contributed by atoms with E-state index in [9.17, 15) is 10.2 Å². The zero-order chi connectivity index (χ0) is 20.2. The average Bonchev–Trinajstić information content (AvgIpc) is 3.33. The molecule has 0 aliphatic rings. The van der Waals surface area contributed by atoms with Crippen LogP contribution in [0.4, 0.5) is 0 Å². The first-order chi connectivity index (χ1) is 13.5. The Kier molecular flexibility index (Phi) is 10.3. The van der Waals surface area contributed by atoms with E-state index in [1.165, 1.54) is 0 Å². The minimum Gasteiger partial charge on any atom is -0.467 e. The lowest BCUT2D eigenvalue weighted by Gasteiger charge is -2.27. The normalized spacial score (nSPS) is 14.1. The van der Waals surface area contributed by atoms with E-state index in [0.717, 1.165) is 24.5 Å². The van der Waals surface area contributed by atoms with E-state index in [0.29, 0.717) is 32.2 Å². The maximum Gasteiger partial charge on any atom is 0.129 e. The minimum absolute atomic E-state index is 0.212. The molecule has 0 spiro atoms. The van der Waals surface area contributed by atoms with Crippen LogP contribution in [0, 0.1) is 5.92 Å². The number of ether oxygens (including phenoxy) is 2. The monoisotopic (exact) mass is 395 g/mol. The Morgan fingerprint density at radius 3 is 1.79 bits per heavy atom. The van der Waals surface area contributed by atoms with Crippen molar-refractivity contribution < 1.29 is 28.5 Å². The molecule has 2 atom stereocenters. The fourth-order valence-electron chi connectivity index (χ4n) is 2.78. The topological polar surface area (TPSA) is 88.4 Å². The molecule has 0 bridgehead atoms. The smallest absolute Gasteiger partial charge is 0.129 e. The molecule has 2 N–H and O–H groups in total. The van der Waals surface area contributed by atoms with Crippen molar-refractivity contribution in [2.45, 2.75) is 45.7 Å².